The molecular weight excluding hydrogens is 262 g/mol. The van der Waals surface area contributed by atoms with E-state index in [2.05, 4.69) is 0 Å². The lowest BCUT2D eigenvalue weighted by Gasteiger charge is -2.32. The van der Waals surface area contributed by atoms with Crippen molar-refractivity contribution in [3.8, 4) is 5.75 Å². The fraction of sp³-hybridized carbons (Fsp3) is 0.278. The van der Waals surface area contributed by atoms with Gasteiger partial charge in [-0.25, -0.2) is 0 Å². The van der Waals surface area contributed by atoms with Crippen LogP contribution in [0.3, 0.4) is 0 Å². The average molecular weight is 283 g/mol. The predicted molar refractivity (Wildman–Crippen MR) is 84.8 cm³/mol. The van der Waals surface area contributed by atoms with Crippen LogP contribution in [0.1, 0.15) is 17.3 Å². The van der Waals surface area contributed by atoms with Gasteiger partial charge in [0.1, 0.15) is 5.75 Å². The van der Waals surface area contributed by atoms with E-state index >= 15 is 0 Å². The Morgan fingerprint density at radius 2 is 1.52 bits per heavy atom. The van der Waals surface area contributed by atoms with Crippen LogP contribution >= 0.6 is 0 Å². The van der Waals surface area contributed by atoms with Gasteiger partial charge in [0.15, 0.2) is 5.60 Å². The first kappa shape index (κ1) is 15.3. The minimum absolute atomic E-state index is 0.0133. The summed E-state index contributed by atoms with van der Waals surface area (Å²) >= 11 is 0. The molecule has 110 valence electrons. The summed E-state index contributed by atoms with van der Waals surface area (Å²) < 4.78 is 6.04. The van der Waals surface area contributed by atoms with Crippen molar-refractivity contribution in [3.63, 3.8) is 0 Å². The number of carbonyl (C=O) groups excluding carboxylic acids is 1. The second kappa shape index (κ2) is 6.55. The topological polar surface area (TPSA) is 29.5 Å². The van der Waals surface area contributed by atoms with Crippen LogP contribution in [-0.4, -0.2) is 36.9 Å². The third kappa shape index (κ3) is 3.92. The SMILES string of the molecule is CN(C)CC(C)(Oc1ccccc1)C(=O)c1ccccc1. The van der Waals surface area contributed by atoms with Crippen LogP contribution in [-0.2, 0) is 0 Å². The monoisotopic (exact) mass is 283 g/mol. The minimum atomic E-state index is -0.924. The van der Waals surface area contributed by atoms with Crippen molar-refractivity contribution in [3.05, 3.63) is 66.2 Å². The van der Waals surface area contributed by atoms with E-state index in [4.69, 9.17) is 4.74 Å². The Balaban J connectivity index is 2.30. The highest BCUT2D eigenvalue weighted by Gasteiger charge is 2.36. The molecule has 0 saturated carbocycles. The number of benzene rings is 2. The van der Waals surface area contributed by atoms with E-state index in [9.17, 15) is 4.79 Å². The van der Waals surface area contributed by atoms with Crippen LogP contribution in [0.5, 0.6) is 5.75 Å². The van der Waals surface area contributed by atoms with E-state index in [1.54, 1.807) is 0 Å². The van der Waals surface area contributed by atoms with Crippen LogP contribution in [0.15, 0.2) is 60.7 Å². The van der Waals surface area contributed by atoms with Crippen molar-refractivity contribution in [2.75, 3.05) is 20.6 Å². The molecule has 21 heavy (non-hydrogen) atoms. The van der Waals surface area contributed by atoms with Crippen molar-refractivity contribution in [1.29, 1.82) is 0 Å². The normalized spacial score (nSPS) is 13.7. The van der Waals surface area contributed by atoms with Gasteiger partial charge >= 0.3 is 0 Å². The smallest absolute Gasteiger partial charge is 0.207 e. The number of hydrogen-bond donors (Lipinski definition) is 0. The maximum Gasteiger partial charge on any atom is 0.207 e. The summed E-state index contributed by atoms with van der Waals surface area (Å²) in [5, 5.41) is 0. The number of rotatable bonds is 6. The number of hydrogen-bond acceptors (Lipinski definition) is 3. The molecule has 1 unspecified atom stereocenters. The number of ketones is 1. The molecule has 0 N–H and O–H groups in total. The number of ether oxygens (including phenoxy) is 1. The first-order valence-corrected chi connectivity index (χ1v) is 7.00. The largest absolute Gasteiger partial charge is 0.478 e. The molecule has 0 saturated heterocycles. The number of carbonyl (C=O) groups is 1. The van der Waals surface area contributed by atoms with Gasteiger partial charge in [0.05, 0.1) is 0 Å². The zero-order valence-corrected chi connectivity index (χ0v) is 12.7. The van der Waals surface area contributed by atoms with E-state index in [-0.39, 0.29) is 5.78 Å². The Morgan fingerprint density at radius 1 is 1.00 bits per heavy atom. The highest BCUT2D eigenvalue weighted by atomic mass is 16.5. The van der Waals surface area contributed by atoms with E-state index in [0.29, 0.717) is 17.9 Å². The molecule has 0 aromatic heterocycles. The third-order valence-electron chi connectivity index (χ3n) is 3.22. The Kier molecular flexibility index (Phi) is 4.76. The van der Waals surface area contributed by atoms with Crippen LogP contribution in [0.2, 0.25) is 0 Å². The first-order valence-electron chi connectivity index (χ1n) is 7.00. The van der Waals surface area contributed by atoms with Crippen LogP contribution in [0.4, 0.5) is 0 Å². The van der Waals surface area contributed by atoms with E-state index in [1.807, 2.05) is 86.6 Å². The Labute approximate surface area is 126 Å². The summed E-state index contributed by atoms with van der Waals surface area (Å²) in [6.45, 7) is 2.35. The Hall–Kier alpha value is -2.13. The molecule has 0 bridgehead atoms. The average Bonchev–Trinajstić information content (AvgIpc) is 2.47. The molecule has 2 aromatic rings. The third-order valence-corrected chi connectivity index (χ3v) is 3.22. The van der Waals surface area contributed by atoms with Gasteiger partial charge in [-0.1, -0.05) is 48.5 Å². The van der Waals surface area contributed by atoms with Crippen molar-refractivity contribution in [2.24, 2.45) is 0 Å². The van der Waals surface area contributed by atoms with Crippen molar-refractivity contribution in [2.45, 2.75) is 12.5 Å². The molecule has 0 heterocycles. The molecule has 2 aromatic carbocycles. The summed E-state index contributed by atoms with van der Waals surface area (Å²) in [6, 6.07) is 18.7. The molecule has 0 aliphatic carbocycles. The quantitative estimate of drug-likeness (QED) is 0.762. The minimum Gasteiger partial charge on any atom is -0.478 e. The zero-order valence-electron chi connectivity index (χ0n) is 12.7. The first-order chi connectivity index (χ1) is 10.0. The molecule has 0 amide bonds. The van der Waals surface area contributed by atoms with Crippen molar-refractivity contribution in [1.82, 2.24) is 4.90 Å². The molecule has 1 atom stereocenters. The van der Waals surface area contributed by atoms with Crippen molar-refractivity contribution < 1.29 is 9.53 Å². The summed E-state index contributed by atoms with van der Waals surface area (Å²) in [5.74, 6) is 0.687. The fourth-order valence-electron chi connectivity index (χ4n) is 2.40. The summed E-state index contributed by atoms with van der Waals surface area (Å²) in [4.78, 5) is 14.8. The highest BCUT2D eigenvalue weighted by molar-refractivity contribution is 6.02. The molecule has 3 nitrogen and oxygen atoms in total. The molecular formula is C18H21NO2. The molecule has 0 fully saturated rings. The molecule has 0 aliphatic heterocycles. The lowest BCUT2D eigenvalue weighted by atomic mass is 9.94. The van der Waals surface area contributed by atoms with Gasteiger partial charge in [-0.05, 0) is 33.2 Å². The lowest BCUT2D eigenvalue weighted by Crippen LogP contribution is -2.49. The molecule has 0 spiro atoms. The van der Waals surface area contributed by atoms with Crippen molar-refractivity contribution >= 4 is 5.78 Å². The molecule has 0 radical (unpaired) electrons. The number of likely N-dealkylation sites (N-methyl/N-ethyl adjacent to an activating group) is 1. The zero-order chi connectivity index (χ0) is 15.3. The van der Waals surface area contributed by atoms with Gasteiger partial charge in [0, 0.05) is 12.1 Å². The predicted octanol–water partition coefficient (Wildman–Crippen LogP) is 3.27. The summed E-state index contributed by atoms with van der Waals surface area (Å²) in [7, 11) is 3.87. The van der Waals surface area contributed by atoms with E-state index < -0.39 is 5.60 Å². The number of para-hydroxylation sites is 1. The van der Waals surface area contributed by atoms with Gasteiger partial charge in [0.25, 0.3) is 0 Å². The van der Waals surface area contributed by atoms with E-state index in [1.165, 1.54) is 0 Å². The van der Waals surface area contributed by atoms with Crippen LogP contribution in [0, 0.1) is 0 Å². The molecule has 3 heteroatoms. The Morgan fingerprint density at radius 3 is 2.05 bits per heavy atom. The number of Topliss-reactive ketones (excluding diaryl/α,β-unsaturated/α-hetero) is 1. The van der Waals surface area contributed by atoms with Gasteiger partial charge < -0.3 is 9.64 Å². The second-order valence-electron chi connectivity index (χ2n) is 5.58. The molecule has 2 rings (SSSR count). The standard InChI is InChI=1S/C18H21NO2/c1-18(14-19(2)3,21-16-12-8-5-9-13-16)17(20)15-10-6-4-7-11-15/h4-13H,14H2,1-3H3. The fourth-order valence-corrected chi connectivity index (χ4v) is 2.40. The van der Waals surface area contributed by atoms with Crippen LogP contribution in [0.25, 0.3) is 0 Å². The van der Waals surface area contributed by atoms with E-state index in [0.717, 1.165) is 0 Å². The highest BCUT2D eigenvalue weighted by Crippen LogP contribution is 2.23. The number of nitrogens with zero attached hydrogens (tertiary/aromatic N) is 1. The van der Waals surface area contributed by atoms with Gasteiger partial charge in [-0.3, -0.25) is 4.79 Å². The molecule has 0 aliphatic rings. The second-order valence-corrected chi connectivity index (χ2v) is 5.58. The maximum absolute atomic E-state index is 12.9. The van der Waals surface area contributed by atoms with Gasteiger partial charge in [0.2, 0.25) is 5.78 Å². The lowest BCUT2D eigenvalue weighted by molar-refractivity contribution is 0.0412. The van der Waals surface area contributed by atoms with Crippen LogP contribution < -0.4 is 4.74 Å². The van der Waals surface area contributed by atoms with Gasteiger partial charge in [-0.2, -0.15) is 0 Å². The maximum atomic E-state index is 12.9. The van der Waals surface area contributed by atoms with Gasteiger partial charge in [-0.15, -0.1) is 0 Å². The Bertz CT molecular complexity index is 581. The summed E-state index contributed by atoms with van der Waals surface area (Å²) in [5.41, 5.74) is -0.260. The summed E-state index contributed by atoms with van der Waals surface area (Å²) in [6.07, 6.45) is 0.